The van der Waals surface area contributed by atoms with Crippen molar-refractivity contribution in [3.05, 3.63) is 59.5 Å². The summed E-state index contributed by atoms with van der Waals surface area (Å²) in [5.74, 6) is 0. The third-order valence-electron chi connectivity index (χ3n) is 3.21. The molecule has 2 heterocycles. The van der Waals surface area contributed by atoms with Crippen LogP contribution in [0.4, 0.5) is 5.69 Å². The van der Waals surface area contributed by atoms with Crippen LogP contribution in [0.15, 0.2) is 48.8 Å². The Morgan fingerprint density at radius 1 is 1.21 bits per heavy atom. The highest BCUT2D eigenvalue weighted by molar-refractivity contribution is 6.31. The molecule has 0 radical (unpaired) electrons. The molecule has 0 aliphatic heterocycles. The van der Waals surface area contributed by atoms with E-state index in [1.54, 1.807) is 6.20 Å². The Morgan fingerprint density at radius 2 is 2.05 bits per heavy atom. The number of para-hydroxylation sites is 1. The van der Waals surface area contributed by atoms with Gasteiger partial charge in [-0.05, 0) is 23.8 Å². The first-order valence-corrected chi connectivity index (χ1v) is 6.51. The number of aryl methyl sites for hydroxylation is 1. The van der Waals surface area contributed by atoms with Gasteiger partial charge < -0.3 is 9.88 Å². The topological polar surface area (TPSA) is 29.9 Å². The van der Waals surface area contributed by atoms with Crippen LogP contribution in [0.25, 0.3) is 10.9 Å². The van der Waals surface area contributed by atoms with Gasteiger partial charge in [0, 0.05) is 36.9 Å². The maximum atomic E-state index is 6.04. The maximum absolute atomic E-state index is 6.04. The zero-order chi connectivity index (χ0) is 13.2. The quantitative estimate of drug-likeness (QED) is 0.734. The molecule has 19 heavy (non-hydrogen) atoms. The van der Waals surface area contributed by atoms with Crippen molar-refractivity contribution >= 4 is 28.2 Å². The molecule has 1 aromatic carbocycles. The van der Waals surface area contributed by atoms with Gasteiger partial charge in [0.15, 0.2) is 5.15 Å². The summed E-state index contributed by atoms with van der Waals surface area (Å²) in [5, 5.41) is 5.09. The number of anilines is 1. The van der Waals surface area contributed by atoms with Crippen LogP contribution in [0.2, 0.25) is 5.15 Å². The van der Waals surface area contributed by atoms with Crippen molar-refractivity contribution in [1.82, 2.24) is 9.55 Å². The van der Waals surface area contributed by atoms with Crippen LogP contribution >= 0.6 is 11.6 Å². The third kappa shape index (κ3) is 2.29. The first-order chi connectivity index (χ1) is 9.25. The van der Waals surface area contributed by atoms with Gasteiger partial charge in [0.1, 0.15) is 0 Å². The number of fused-ring (bicyclic) bond motifs is 1. The van der Waals surface area contributed by atoms with E-state index >= 15 is 0 Å². The Hall–Kier alpha value is -2.00. The predicted molar refractivity (Wildman–Crippen MR) is 79.5 cm³/mol. The summed E-state index contributed by atoms with van der Waals surface area (Å²) in [4.78, 5) is 4.06. The Morgan fingerprint density at radius 3 is 2.89 bits per heavy atom. The van der Waals surface area contributed by atoms with Crippen molar-refractivity contribution in [3.8, 4) is 0 Å². The minimum absolute atomic E-state index is 0.503. The lowest BCUT2D eigenvalue weighted by Crippen LogP contribution is -1.99. The van der Waals surface area contributed by atoms with Crippen LogP contribution in [-0.2, 0) is 13.6 Å². The molecule has 96 valence electrons. The van der Waals surface area contributed by atoms with E-state index in [-0.39, 0.29) is 0 Å². The van der Waals surface area contributed by atoms with E-state index in [9.17, 15) is 0 Å². The average Bonchev–Trinajstić information content (AvgIpc) is 2.75. The van der Waals surface area contributed by atoms with Gasteiger partial charge in [0.05, 0.1) is 5.69 Å². The molecule has 0 saturated carbocycles. The molecule has 0 spiro atoms. The standard InChI is InChI=1S/C15H14ClN3/c1-19-10-11(12-5-2-3-7-14(12)19)9-18-13-6-4-8-17-15(13)16/h2-8,10,18H,9H2,1H3. The lowest BCUT2D eigenvalue weighted by molar-refractivity contribution is 0.955. The first-order valence-electron chi connectivity index (χ1n) is 6.13. The van der Waals surface area contributed by atoms with E-state index < -0.39 is 0 Å². The Kier molecular flexibility index (Phi) is 3.13. The molecular weight excluding hydrogens is 258 g/mol. The van der Waals surface area contributed by atoms with Crippen LogP contribution in [-0.4, -0.2) is 9.55 Å². The number of nitrogens with zero attached hydrogens (tertiary/aromatic N) is 2. The highest BCUT2D eigenvalue weighted by atomic mass is 35.5. The molecule has 0 aliphatic carbocycles. The number of halogens is 1. The number of hydrogen-bond donors (Lipinski definition) is 1. The third-order valence-corrected chi connectivity index (χ3v) is 3.51. The largest absolute Gasteiger partial charge is 0.378 e. The predicted octanol–water partition coefficient (Wildman–Crippen LogP) is 3.84. The van der Waals surface area contributed by atoms with E-state index in [2.05, 4.69) is 52.4 Å². The zero-order valence-corrected chi connectivity index (χ0v) is 11.4. The number of rotatable bonds is 3. The summed E-state index contributed by atoms with van der Waals surface area (Å²) in [6, 6.07) is 12.2. The number of benzene rings is 1. The molecule has 1 N–H and O–H groups in total. The Balaban J connectivity index is 1.88. The van der Waals surface area contributed by atoms with Gasteiger partial charge in [-0.25, -0.2) is 4.98 Å². The van der Waals surface area contributed by atoms with Gasteiger partial charge in [-0.15, -0.1) is 0 Å². The van der Waals surface area contributed by atoms with Crippen LogP contribution in [0, 0.1) is 0 Å². The molecule has 4 heteroatoms. The Labute approximate surface area is 116 Å². The maximum Gasteiger partial charge on any atom is 0.152 e. The summed E-state index contributed by atoms with van der Waals surface area (Å²) in [6.07, 6.45) is 3.83. The van der Waals surface area contributed by atoms with Crippen molar-refractivity contribution in [2.24, 2.45) is 7.05 Å². The summed E-state index contributed by atoms with van der Waals surface area (Å²) in [7, 11) is 2.06. The van der Waals surface area contributed by atoms with Crippen molar-refractivity contribution in [1.29, 1.82) is 0 Å². The van der Waals surface area contributed by atoms with E-state index in [1.807, 2.05) is 12.1 Å². The molecule has 3 rings (SSSR count). The highest BCUT2D eigenvalue weighted by Gasteiger charge is 2.06. The molecule has 2 aromatic heterocycles. The van der Waals surface area contributed by atoms with Gasteiger partial charge >= 0.3 is 0 Å². The molecule has 0 amide bonds. The smallest absolute Gasteiger partial charge is 0.152 e. The molecule has 0 atom stereocenters. The second-order valence-electron chi connectivity index (χ2n) is 4.48. The van der Waals surface area contributed by atoms with Crippen molar-refractivity contribution < 1.29 is 0 Å². The second kappa shape index (κ2) is 4.94. The lowest BCUT2D eigenvalue weighted by Gasteiger charge is -2.06. The van der Waals surface area contributed by atoms with Crippen LogP contribution in [0.5, 0.6) is 0 Å². The summed E-state index contributed by atoms with van der Waals surface area (Å²) >= 11 is 6.04. The summed E-state index contributed by atoms with van der Waals surface area (Å²) in [5.41, 5.74) is 3.34. The Bertz CT molecular complexity index is 718. The fraction of sp³-hybridized carbons (Fsp3) is 0.133. The van der Waals surface area contributed by atoms with Gasteiger partial charge in [0.2, 0.25) is 0 Å². The number of aromatic nitrogens is 2. The van der Waals surface area contributed by atoms with E-state index in [0.717, 1.165) is 12.2 Å². The van der Waals surface area contributed by atoms with Crippen molar-refractivity contribution in [2.75, 3.05) is 5.32 Å². The molecule has 0 fully saturated rings. The van der Waals surface area contributed by atoms with Crippen molar-refractivity contribution in [2.45, 2.75) is 6.54 Å². The number of nitrogens with one attached hydrogen (secondary N) is 1. The monoisotopic (exact) mass is 271 g/mol. The van der Waals surface area contributed by atoms with Gasteiger partial charge in [-0.1, -0.05) is 29.8 Å². The zero-order valence-electron chi connectivity index (χ0n) is 10.6. The van der Waals surface area contributed by atoms with Crippen LogP contribution in [0.1, 0.15) is 5.56 Å². The van der Waals surface area contributed by atoms with Crippen LogP contribution < -0.4 is 5.32 Å². The molecular formula is C15H14ClN3. The molecule has 3 aromatic rings. The summed E-state index contributed by atoms with van der Waals surface area (Å²) < 4.78 is 2.14. The molecule has 0 unspecified atom stereocenters. The fourth-order valence-electron chi connectivity index (χ4n) is 2.27. The van der Waals surface area contributed by atoms with Gasteiger partial charge in [0.25, 0.3) is 0 Å². The first kappa shape index (κ1) is 12.1. The normalized spacial score (nSPS) is 10.8. The van der Waals surface area contributed by atoms with E-state index in [1.165, 1.54) is 16.5 Å². The lowest BCUT2D eigenvalue weighted by atomic mass is 10.2. The van der Waals surface area contributed by atoms with E-state index in [4.69, 9.17) is 11.6 Å². The number of hydrogen-bond acceptors (Lipinski definition) is 2. The van der Waals surface area contributed by atoms with Crippen LogP contribution in [0.3, 0.4) is 0 Å². The fourth-order valence-corrected chi connectivity index (χ4v) is 2.46. The second-order valence-corrected chi connectivity index (χ2v) is 4.84. The molecule has 0 aliphatic rings. The molecule has 3 nitrogen and oxygen atoms in total. The van der Waals surface area contributed by atoms with Gasteiger partial charge in [-0.2, -0.15) is 0 Å². The van der Waals surface area contributed by atoms with Crippen molar-refractivity contribution in [3.63, 3.8) is 0 Å². The van der Waals surface area contributed by atoms with Gasteiger partial charge in [-0.3, -0.25) is 0 Å². The average molecular weight is 272 g/mol. The molecule has 0 bridgehead atoms. The van der Waals surface area contributed by atoms with E-state index in [0.29, 0.717) is 5.15 Å². The minimum atomic E-state index is 0.503. The minimum Gasteiger partial charge on any atom is -0.378 e. The SMILES string of the molecule is Cn1cc(CNc2cccnc2Cl)c2ccccc21. The number of pyridine rings is 1. The highest BCUT2D eigenvalue weighted by Crippen LogP contribution is 2.23. The summed E-state index contributed by atoms with van der Waals surface area (Å²) in [6.45, 7) is 0.729. The molecule has 0 saturated heterocycles.